The van der Waals surface area contributed by atoms with Crippen LogP contribution in [0.4, 0.5) is 0 Å². The molecule has 2 aromatic rings. The number of hydrogen-bond donors (Lipinski definition) is 1. The van der Waals surface area contributed by atoms with Crippen LogP contribution in [0.1, 0.15) is 24.5 Å². The number of aliphatic hydroxyl groups is 1. The van der Waals surface area contributed by atoms with Gasteiger partial charge in [-0.1, -0.05) is 67.6 Å². The average Bonchev–Trinajstić information content (AvgIpc) is 2.50. The molecule has 0 aliphatic heterocycles. The van der Waals surface area contributed by atoms with E-state index in [1.54, 1.807) is 0 Å². The lowest BCUT2D eigenvalue weighted by Gasteiger charge is -2.12. The van der Waals surface area contributed by atoms with Gasteiger partial charge in [0.1, 0.15) is 0 Å². The van der Waals surface area contributed by atoms with Crippen LogP contribution in [0, 0.1) is 0 Å². The third-order valence-corrected chi connectivity index (χ3v) is 3.09. The molecule has 0 aromatic heterocycles. The Morgan fingerprint density at radius 2 is 1.42 bits per heavy atom. The molecule has 0 aliphatic carbocycles. The normalized spacial score (nSPS) is 11.9. The van der Waals surface area contributed by atoms with Crippen LogP contribution in [0.2, 0.25) is 0 Å². The Bertz CT molecular complexity index is 474. The highest BCUT2D eigenvalue weighted by atomic mass is 16.3. The molecule has 0 saturated heterocycles. The molecule has 0 fully saturated rings. The molecule has 1 atom stereocenters. The lowest BCUT2D eigenvalue weighted by molar-refractivity contribution is 0.264. The second-order valence-electron chi connectivity index (χ2n) is 4.45. The van der Waals surface area contributed by atoms with Crippen molar-refractivity contribution < 1.29 is 5.11 Å². The van der Waals surface area contributed by atoms with Gasteiger partial charge >= 0.3 is 0 Å². The van der Waals surface area contributed by atoms with Gasteiger partial charge in [-0.25, -0.2) is 0 Å². The Morgan fingerprint density at radius 3 is 1.79 bits per heavy atom. The molecule has 98 valence electrons. The summed E-state index contributed by atoms with van der Waals surface area (Å²) >= 11 is 0. The molecule has 2 heteroatoms. The number of aliphatic hydroxyl groups excluding tert-OH is 1. The zero-order valence-electron chi connectivity index (χ0n) is 11.2. The molecule has 19 heavy (non-hydrogen) atoms. The molecule has 2 rings (SSSR count). The van der Waals surface area contributed by atoms with Gasteiger partial charge in [0.2, 0.25) is 0 Å². The fourth-order valence-electron chi connectivity index (χ4n) is 1.95. The summed E-state index contributed by atoms with van der Waals surface area (Å²) < 4.78 is 0. The van der Waals surface area contributed by atoms with E-state index in [0.29, 0.717) is 0 Å². The molecule has 0 aliphatic rings. The first-order chi connectivity index (χ1) is 9.35. The van der Waals surface area contributed by atoms with Gasteiger partial charge in [-0.15, -0.1) is 0 Å². The molecule has 0 amide bonds. The Labute approximate surface area is 114 Å². The SMILES string of the molecule is CC[C@H](CO)N=C(c1ccccc1)c1ccccc1. The molecule has 0 bridgehead atoms. The fraction of sp³-hybridized carbons (Fsp3) is 0.235. The average molecular weight is 253 g/mol. The number of aliphatic imine (C=N–C) groups is 1. The summed E-state index contributed by atoms with van der Waals surface area (Å²) in [7, 11) is 0. The Morgan fingerprint density at radius 1 is 0.947 bits per heavy atom. The van der Waals surface area contributed by atoms with Crippen molar-refractivity contribution in [3.8, 4) is 0 Å². The van der Waals surface area contributed by atoms with Crippen molar-refractivity contribution in [1.29, 1.82) is 0 Å². The maximum atomic E-state index is 9.36. The van der Waals surface area contributed by atoms with Gasteiger partial charge in [-0.05, 0) is 6.42 Å². The molecular weight excluding hydrogens is 234 g/mol. The lowest BCUT2D eigenvalue weighted by atomic mass is 10.0. The molecule has 2 nitrogen and oxygen atoms in total. The van der Waals surface area contributed by atoms with E-state index in [9.17, 15) is 5.11 Å². The molecule has 0 spiro atoms. The maximum absolute atomic E-state index is 9.36. The lowest BCUT2D eigenvalue weighted by Crippen LogP contribution is -2.14. The Balaban J connectivity index is 2.45. The minimum absolute atomic E-state index is 0.0459. The van der Waals surface area contributed by atoms with Crippen molar-refractivity contribution in [2.75, 3.05) is 6.61 Å². The number of rotatable bonds is 5. The monoisotopic (exact) mass is 253 g/mol. The van der Waals surface area contributed by atoms with Crippen LogP contribution in [0.3, 0.4) is 0 Å². The predicted octanol–water partition coefficient (Wildman–Crippen LogP) is 3.29. The second-order valence-corrected chi connectivity index (χ2v) is 4.45. The van der Waals surface area contributed by atoms with Gasteiger partial charge in [0.05, 0.1) is 18.4 Å². The van der Waals surface area contributed by atoms with Crippen LogP contribution in [0.25, 0.3) is 0 Å². The van der Waals surface area contributed by atoms with Crippen molar-refractivity contribution >= 4 is 5.71 Å². The first-order valence-electron chi connectivity index (χ1n) is 6.64. The van der Waals surface area contributed by atoms with Gasteiger partial charge in [0.15, 0.2) is 0 Å². The van der Waals surface area contributed by atoms with Gasteiger partial charge in [-0.2, -0.15) is 0 Å². The van der Waals surface area contributed by atoms with Crippen LogP contribution in [-0.4, -0.2) is 23.5 Å². The minimum Gasteiger partial charge on any atom is -0.394 e. The third-order valence-electron chi connectivity index (χ3n) is 3.09. The topological polar surface area (TPSA) is 32.6 Å². The van der Waals surface area contributed by atoms with E-state index in [-0.39, 0.29) is 12.6 Å². The summed E-state index contributed by atoms with van der Waals surface area (Å²) in [5.41, 5.74) is 3.11. The minimum atomic E-state index is -0.0459. The summed E-state index contributed by atoms with van der Waals surface area (Å²) in [6.07, 6.45) is 0.833. The quantitative estimate of drug-likeness (QED) is 0.815. The van der Waals surface area contributed by atoms with Crippen molar-refractivity contribution in [1.82, 2.24) is 0 Å². The van der Waals surface area contributed by atoms with E-state index >= 15 is 0 Å². The fourth-order valence-corrected chi connectivity index (χ4v) is 1.95. The van der Waals surface area contributed by atoms with E-state index < -0.39 is 0 Å². The van der Waals surface area contributed by atoms with Crippen LogP contribution >= 0.6 is 0 Å². The zero-order chi connectivity index (χ0) is 13.5. The summed E-state index contributed by atoms with van der Waals surface area (Å²) in [5, 5.41) is 9.36. The van der Waals surface area contributed by atoms with E-state index in [1.165, 1.54) is 0 Å². The third kappa shape index (κ3) is 3.52. The Hall–Kier alpha value is -1.93. The highest BCUT2D eigenvalue weighted by Gasteiger charge is 2.09. The molecule has 0 unspecified atom stereocenters. The highest BCUT2D eigenvalue weighted by Crippen LogP contribution is 2.13. The van der Waals surface area contributed by atoms with Crippen LogP contribution in [-0.2, 0) is 0 Å². The predicted molar refractivity (Wildman–Crippen MR) is 79.7 cm³/mol. The summed E-state index contributed by atoms with van der Waals surface area (Å²) in [5.74, 6) is 0. The van der Waals surface area contributed by atoms with E-state index in [0.717, 1.165) is 23.3 Å². The van der Waals surface area contributed by atoms with Crippen molar-refractivity contribution in [3.05, 3.63) is 71.8 Å². The van der Waals surface area contributed by atoms with Gasteiger partial charge in [-0.3, -0.25) is 4.99 Å². The summed E-state index contributed by atoms with van der Waals surface area (Å²) in [6.45, 7) is 2.12. The largest absolute Gasteiger partial charge is 0.394 e. The first-order valence-corrected chi connectivity index (χ1v) is 6.64. The van der Waals surface area contributed by atoms with Crippen molar-refractivity contribution in [2.24, 2.45) is 4.99 Å². The van der Waals surface area contributed by atoms with E-state index in [1.807, 2.05) is 43.3 Å². The van der Waals surface area contributed by atoms with Gasteiger partial charge < -0.3 is 5.11 Å². The summed E-state index contributed by atoms with van der Waals surface area (Å²) in [6, 6.07) is 20.2. The first kappa shape index (κ1) is 13.5. The molecular formula is C17H19NO. The number of nitrogens with zero attached hydrogens (tertiary/aromatic N) is 1. The zero-order valence-corrected chi connectivity index (χ0v) is 11.2. The van der Waals surface area contributed by atoms with Crippen LogP contribution < -0.4 is 0 Å². The van der Waals surface area contributed by atoms with E-state index in [4.69, 9.17) is 4.99 Å². The second kappa shape index (κ2) is 6.86. The molecule has 0 radical (unpaired) electrons. The molecule has 2 aromatic carbocycles. The summed E-state index contributed by atoms with van der Waals surface area (Å²) in [4.78, 5) is 4.72. The maximum Gasteiger partial charge on any atom is 0.0735 e. The number of hydrogen-bond acceptors (Lipinski definition) is 2. The van der Waals surface area contributed by atoms with Gasteiger partial charge in [0, 0.05) is 11.1 Å². The van der Waals surface area contributed by atoms with Crippen molar-refractivity contribution in [3.63, 3.8) is 0 Å². The smallest absolute Gasteiger partial charge is 0.0735 e. The van der Waals surface area contributed by atoms with Crippen LogP contribution in [0.5, 0.6) is 0 Å². The Kier molecular flexibility index (Phi) is 4.87. The molecule has 0 heterocycles. The molecule has 1 N–H and O–H groups in total. The van der Waals surface area contributed by atoms with E-state index in [2.05, 4.69) is 24.3 Å². The highest BCUT2D eigenvalue weighted by molar-refractivity contribution is 6.12. The van der Waals surface area contributed by atoms with Crippen LogP contribution in [0.15, 0.2) is 65.7 Å². The number of benzene rings is 2. The van der Waals surface area contributed by atoms with Gasteiger partial charge in [0.25, 0.3) is 0 Å². The van der Waals surface area contributed by atoms with Crippen molar-refractivity contribution in [2.45, 2.75) is 19.4 Å². The standard InChI is InChI=1S/C17H19NO/c1-2-16(13-19)18-17(14-9-5-3-6-10-14)15-11-7-4-8-12-15/h3-12,16,19H,2,13H2,1H3/t16-/m1/s1. The molecule has 0 saturated carbocycles.